The molecule has 1 unspecified atom stereocenters. The first-order chi connectivity index (χ1) is 8.90. The Labute approximate surface area is 109 Å². The zero-order valence-electron chi connectivity index (χ0n) is 10.5. The normalized spacial score (nSPS) is 20.3. The van der Waals surface area contributed by atoms with Crippen LogP contribution in [0.5, 0.6) is 0 Å². The molecule has 1 N–H and O–H groups in total. The molecule has 1 aromatic rings. The van der Waals surface area contributed by atoms with Crippen LogP contribution in [-0.4, -0.2) is 31.1 Å². The van der Waals surface area contributed by atoms with Crippen LogP contribution in [0, 0.1) is 11.3 Å². The second kappa shape index (κ2) is 5.10. The summed E-state index contributed by atoms with van der Waals surface area (Å²) in [6, 6.07) is 5.42. The summed E-state index contributed by atoms with van der Waals surface area (Å²) in [6.07, 6.45) is -3.55. The first-order valence-corrected chi connectivity index (χ1v) is 5.96. The maximum Gasteiger partial charge on any atom is 0.417 e. The van der Waals surface area contributed by atoms with Gasteiger partial charge in [-0.25, -0.2) is 0 Å². The fourth-order valence-electron chi connectivity index (χ4n) is 2.26. The lowest BCUT2D eigenvalue weighted by atomic mass is 10.1. The van der Waals surface area contributed by atoms with Gasteiger partial charge in [0, 0.05) is 18.3 Å². The van der Waals surface area contributed by atoms with Crippen molar-refractivity contribution < 1.29 is 13.2 Å². The number of benzene rings is 1. The molecule has 3 nitrogen and oxygen atoms in total. The molecule has 0 radical (unpaired) electrons. The highest BCUT2D eigenvalue weighted by atomic mass is 19.4. The lowest BCUT2D eigenvalue weighted by molar-refractivity contribution is -0.137. The maximum atomic E-state index is 12.6. The third-order valence-electron chi connectivity index (χ3n) is 3.21. The number of nitrogens with zero attached hydrogens (tertiary/aromatic N) is 2. The van der Waals surface area contributed by atoms with E-state index in [0.29, 0.717) is 5.69 Å². The van der Waals surface area contributed by atoms with Gasteiger partial charge in [0.15, 0.2) is 0 Å². The van der Waals surface area contributed by atoms with Crippen molar-refractivity contribution in [3.05, 3.63) is 29.3 Å². The van der Waals surface area contributed by atoms with Gasteiger partial charge < -0.3 is 10.2 Å². The van der Waals surface area contributed by atoms with E-state index < -0.39 is 11.7 Å². The molecule has 1 fully saturated rings. The number of halogens is 3. The second-order valence-electron chi connectivity index (χ2n) is 4.76. The first kappa shape index (κ1) is 13.7. The molecule has 19 heavy (non-hydrogen) atoms. The highest BCUT2D eigenvalue weighted by Gasteiger charge is 2.33. The Morgan fingerprint density at radius 1 is 1.42 bits per heavy atom. The summed E-state index contributed by atoms with van der Waals surface area (Å²) in [5.41, 5.74) is -0.669. The van der Waals surface area contributed by atoms with E-state index in [4.69, 9.17) is 5.26 Å². The molecular formula is C13H14F3N3. The van der Waals surface area contributed by atoms with Crippen LogP contribution in [0.1, 0.15) is 17.5 Å². The first-order valence-electron chi connectivity index (χ1n) is 5.96. The molecule has 2 rings (SSSR count). The molecular weight excluding hydrogens is 255 g/mol. The molecule has 1 heterocycles. The van der Waals surface area contributed by atoms with Crippen molar-refractivity contribution in [1.29, 1.82) is 5.26 Å². The topological polar surface area (TPSA) is 39.1 Å². The standard InChI is InChI=1S/C13H14F3N3/c1-19-5-4-11(8-19)18-10-2-3-12(13(14,15)16)9(6-10)7-17/h2-3,6,11,18H,4-5,8H2,1H3. The molecule has 1 aliphatic rings. The van der Waals surface area contributed by atoms with Gasteiger partial charge in [-0.2, -0.15) is 18.4 Å². The zero-order chi connectivity index (χ0) is 14.0. The van der Waals surface area contributed by atoms with E-state index in [2.05, 4.69) is 10.2 Å². The van der Waals surface area contributed by atoms with Crippen LogP contribution in [0.4, 0.5) is 18.9 Å². The third kappa shape index (κ3) is 3.18. The zero-order valence-corrected chi connectivity index (χ0v) is 10.5. The number of rotatable bonds is 2. The molecule has 0 saturated carbocycles. The quantitative estimate of drug-likeness (QED) is 0.897. The van der Waals surface area contributed by atoms with Crippen molar-refractivity contribution in [2.24, 2.45) is 0 Å². The molecule has 102 valence electrons. The van der Waals surface area contributed by atoms with Crippen LogP contribution in [0.15, 0.2) is 18.2 Å². The summed E-state index contributed by atoms with van der Waals surface area (Å²) < 4.78 is 37.9. The van der Waals surface area contributed by atoms with Crippen molar-refractivity contribution in [2.75, 3.05) is 25.5 Å². The monoisotopic (exact) mass is 269 g/mol. The van der Waals surface area contributed by atoms with Gasteiger partial charge >= 0.3 is 6.18 Å². The fraction of sp³-hybridized carbons (Fsp3) is 0.462. The number of anilines is 1. The predicted molar refractivity (Wildman–Crippen MR) is 65.7 cm³/mol. The van der Waals surface area contributed by atoms with Crippen LogP contribution in [-0.2, 0) is 6.18 Å². The Morgan fingerprint density at radius 2 is 2.16 bits per heavy atom. The number of alkyl halides is 3. The smallest absolute Gasteiger partial charge is 0.381 e. The average molecular weight is 269 g/mol. The number of nitrogens with one attached hydrogen (secondary N) is 1. The number of nitriles is 1. The summed E-state index contributed by atoms with van der Waals surface area (Å²) in [6.45, 7) is 1.81. The van der Waals surface area contributed by atoms with Gasteiger partial charge in [0.05, 0.1) is 17.2 Å². The van der Waals surface area contributed by atoms with E-state index in [-0.39, 0.29) is 11.6 Å². The Hall–Kier alpha value is -1.74. The van der Waals surface area contributed by atoms with E-state index >= 15 is 0 Å². The minimum absolute atomic E-state index is 0.216. The van der Waals surface area contributed by atoms with Gasteiger partial charge in [-0.3, -0.25) is 0 Å². The fourth-order valence-corrected chi connectivity index (χ4v) is 2.26. The highest BCUT2D eigenvalue weighted by molar-refractivity contribution is 5.54. The SMILES string of the molecule is CN1CCC(Nc2ccc(C(F)(F)F)c(C#N)c2)C1. The summed E-state index contributed by atoms with van der Waals surface area (Å²) in [5, 5.41) is 12.0. The van der Waals surface area contributed by atoms with Gasteiger partial charge in [0.1, 0.15) is 0 Å². The van der Waals surface area contributed by atoms with Gasteiger partial charge in [0.2, 0.25) is 0 Å². The van der Waals surface area contributed by atoms with E-state index in [1.165, 1.54) is 12.1 Å². The van der Waals surface area contributed by atoms with E-state index in [0.717, 1.165) is 25.6 Å². The van der Waals surface area contributed by atoms with Crippen molar-refractivity contribution in [3.8, 4) is 6.07 Å². The molecule has 1 atom stereocenters. The molecule has 0 aromatic heterocycles. The molecule has 0 spiro atoms. The number of hydrogen-bond acceptors (Lipinski definition) is 3. The van der Waals surface area contributed by atoms with Gasteiger partial charge in [-0.15, -0.1) is 0 Å². The Morgan fingerprint density at radius 3 is 2.68 bits per heavy atom. The predicted octanol–water partition coefficient (Wildman–Crippen LogP) is 2.69. The Balaban J connectivity index is 2.18. The molecule has 1 aromatic carbocycles. The number of likely N-dealkylation sites (tertiary alicyclic amines) is 1. The van der Waals surface area contributed by atoms with E-state index in [1.807, 2.05) is 7.05 Å². The summed E-state index contributed by atoms with van der Waals surface area (Å²) in [7, 11) is 2.00. The van der Waals surface area contributed by atoms with E-state index in [1.54, 1.807) is 6.07 Å². The number of hydrogen-bond donors (Lipinski definition) is 1. The summed E-state index contributed by atoms with van der Waals surface area (Å²) >= 11 is 0. The van der Waals surface area contributed by atoms with Crippen LogP contribution in [0.2, 0.25) is 0 Å². The summed E-state index contributed by atoms with van der Waals surface area (Å²) in [5.74, 6) is 0. The van der Waals surface area contributed by atoms with Gasteiger partial charge in [-0.1, -0.05) is 0 Å². The van der Waals surface area contributed by atoms with Crippen LogP contribution in [0.25, 0.3) is 0 Å². The molecule has 0 aliphatic carbocycles. The van der Waals surface area contributed by atoms with Crippen LogP contribution in [0.3, 0.4) is 0 Å². The molecule has 1 aliphatic heterocycles. The lowest BCUT2D eigenvalue weighted by Gasteiger charge is -2.16. The van der Waals surface area contributed by atoms with Gasteiger partial charge in [-0.05, 0) is 38.2 Å². The largest absolute Gasteiger partial charge is 0.417 e. The average Bonchev–Trinajstić information content (AvgIpc) is 2.73. The minimum atomic E-state index is -4.49. The van der Waals surface area contributed by atoms with Crippen molar-refractivity contribution in [3.63, 3.8) is 0 Å². The van der Waals surface area contributed by atoms with Crippen LogP contribution < -0.4 is 5.32 Å². The second-order valence-corrected chi connectivity index (χ2v) is 4.76. The van der Waals surface area contributed by atoms with Crippen molar-refractivity contribution in [2.45, 2.75) is 18.6 Å². The molecule has 0 amide bonds. The van der Waals surface area contributed by atoms with E-state index in [9.17, 15) is 13.2 Å². The Kier molecular flexibility index (Phi) is 3.67. The minimum Gasteiger partial charge on any atom is -0.381 e. The van der Waals surface area contributed by atoms with Crippen LogP contribution >= 0.6 is 0 Å². The summed E-state index contributed by atoms with van der Waals surface area (Å²) in [4.78, 5) is 2.15. The lowest BCUT2D eigenvalue weighted by Crippen LogP contribution is -2.23. The maximum absolute atomic E-state index is 12.6. The van der Waals surface area contributed by atoms with Gasteiger partial charge in [0.25, 0.3) is 0 Å². The third-order valence-corrected chi connectivity index (χ3v) is 3.21. The van der Waals surface area contributed by atoms with Crippen molar-refractivity contribution >= 4 is 5.69 Å². The number of likely N-dealkylation sites (N-methyl/N-ethyl adjacent to an activating group) is 1. The highest BCUT2D eigenvalue weighted by Crippen LogP contribution is 2.33. The molecule has 0 bridgehead atoms. The molecule has 6 heteroatoms. The Bertz CT molecular complexity index is 505. The molecule has 1 saturated heterocycles. The van der Waals surface area contributed by atoms with Crippen molar-refractivity contribution in [1.82, 2.24) is 4.90 Å².